The topological polar surface area (TPSA) is 73.1 Å². The number of carbonyl (C=O) groups is 1. The minimum absolute atomic E-state index is 0.0153. The van der Waals surface area contributed by atoms with Crippen LogP contribution in [-0.2, 0) is 0 Å². The Hall–Kier alpha value is -2.02. The molecule has 2 atom stereocenters. The number of nitrogens with one attached hydrogen (secondary N) is 1. The molecule has 2 N–H and O–H groups in total. The van der Waals surface area contributed by atoms with E-state index in [4.69, 9.17) is 5.26 Å². The number of hydrogen-bond acceptors (Lipinski definition) is 3. The van der Waals surface area contributed by atoms with E-state index in [0.29, 0.717) is 5.56 Å². The summed E-state index contributed by atoms with van der Waals surface area (Å²) in [7, 11) is 0. The molecule has 18 heavy (non-hydrogen) atoms. The number of nitrogens with zero attached hydrogens (tertiary/aromatic N) is 1. The normalized spacial score (nSPS) is 22.4. The third-order valence-corrected chi connectivity index (χ3v) is 3.48. The molecule has 0 spiro atoms. The molecular formula is C14H16N2O2. The van der Waals surface area contributed by atoms with Crippen molar-refractivity contribution in [2.45, 2.75) is 32.2 Å². The van der Waals surface area contributed by atoms with Gasteiger partial charge in [-0.15, -0.1) is 0 Å². The van der Waals surface area contributed by atoms with Crippen LogP contribution in [0.2, 0.25) is 0 Å². The van der Waals surface area contributed by atoms with Crippen molar-refractivity contribution >= 4 is 5.91 Å². The number of nitriles is 1. The fourth-order valence-electron chi connectivity index (χ4n) is 2.38. The molecular weight excluding hydrogens is 228 g/mol. The van der Waals surface area contributed by atoms with Crippen molar-refractivity contribution < 1.29 is 9.90 Å². The summed E-state index contributed by atoms with van der Waals surface area (Å²) < 4.78 is 0. The summed E-state index contributed by atoms with van der Waals surface area (Å²) in [4.78, 5) is 12.1. The number of amides is 1. The highest BCUT2D eigenvalue weighted by Crippen LogP contribution is 2.26. The summed E-state index contributed by atoms with van der Waals surface area (Å²) in [5.74, 6) is -0.397. The van der Waals surface area contributed by atoms with Crippen LogP contribution in [0.15, 0.2) is 18.2 Å². The van der Waals surface area contributed by atoms with Gasteiger partial charge < -0.3 is 10.4 Å². The number of rotatable bonds is 2. The fraction of sp³-hybridized carbons (Fsp3) is 0.429. The van der Waals surface area contributed by atoms with Crippen LogP contribution >= 0.6 is 0 Å². The van der Waals surface area contributed by atoms with E-state index in [1.807, 2.05) is 0 Å². The van der Waals surface area contributed by atoms with Crippen LogP contribution in [0.3, 0.4) is 0 Å². The first-order valence-corrected chi connectivity index (χ1v) is 6.12. The van der Waals surface area contributed by atoms with Gasteiger partial charge in [0.2, 0.25) is 0 Å². The van der Waals surface area contributed by atoms with Gasteiger partial charge in [0.1, 0.15) is 5.75 Å². The number of hydrogen-bond donors (Lipinski definition) is 2. The second kappa shape index (κ2) is 5.09. The zero-order valence-corrected chi connectivity index (χ0v) is 10.3. The van der Waals surface area contributed by atoms with Gasteiger partial charge >= 0.3 is 0 Å². The van der Waals surface area contributed by atoms with Crippen molar-refractivity contribution in [3.05, 3.63) is 29.3 Å². The summed E-state index contributed by atoms with van der Waals surface area (Å²) in [5, 5.41) is 21.6. The Morgan fingerprint density at radius 3 is 3.00 bits per heavy atom. The van der Waals surface area contributed by atoms with E-state index in [2.05, 4.69) is 11.4 Å². The standard InChI is InChI=1S/C14H16N2O2/c1-9-4-2-6-11(13(9)17)14(18)16-12-7-3-5-10(12)8-15/h2,4,6,10,12,17H,3,5,7H2,1H3,(H,16,18). The number of para-hydroxylation sites is 1. The van der Waals surface area contributed by atoms with Gasteiger partial charge in [-0.3, -0.25) is 4.79 Å². The molecule has 1 aromatic rings. The number of carbonyl (C=O) groups excluding carboxylic acids is 1. The molecule has 4 nitrogen and oxygen atoms in total. The molecule has 1 amide bonds. The first-order chi connectivity index (χ1) is 8.63. The van der Waals surface area contributed by atoms with E-state index < -0.39 is 0 Å². The highest BCUT2D eigenvalue weighted by atomic mass is 16.3. The summed E-state index contributed by atoms with van der Waals surface area (Å²) in [6.45, 7) is 1.75. The van der Waals surface area contributed by atoms with Gasteiger partial charge in [-0.1, -0.05) is 12.1 Å². The van der Waals surface area contributed by atoms with Crippen LogP contribution in [0.1, 0.15) is 35.2 Å². The van der Waals surface area contributed by atoms with E-state index in [-0.39, 0.29) is 29.2 Å². The average molecular weight is 244 g/mol. The smallest absolute Gasteiger partial charge is 0.255 e. The summed E-state index contributed by atoms with van der Waals surface area (Å²) in [6, 6.07) is 7.20. The molecule has 0 aliphatic heterocycles. The lowest BCUT2D eigenvalue weighted by atomic mass is 10.0. The van der Waals surface area contributed by atoms with Gasteiger partial charge in [0.05, 0.1) is 17.6 Å². The molecule has 0 heterocycles. The van der Waals surface area contributed by atoms with E-state index in [0.717, 1.165) is 19.3 Å². The van der Waals surface area contributed by atoms with Gasteiger partial charge in [-0.05, 0) is 37.8 Å². The van der Waals surface area contributed by atoms with Crippen LogP contribution in [0, 0.1) is 24.2 Å². The second-order valence-corrected chi connectivity index (χ2v) is 4.72. The molecule has 2 rings (SSSR count). The molecule has 1 fully saturated rings. The SMILES string of the molecule is Cc1cccc(C(=O)NC2CCCC2C#N)c1O. The molecule has 1 aromatic carbocycles. The molecule has 0 radical (unpaired) electrons. The predicted molar refractivity (Wildman–Crippen MR) is 67.1 cm³/mol. The van der Waals surface area contributed by atoms with Crippen molar-refractivity contribution in [1.29, 1.82) is 5.26 Å². The quantitative estimate of drug-likeness (QED) is 0.837. The highest BCUT2D eigenvalue weighted by Gasteiger charge is 2.29. The minimum atomic E-state index is -0.302. The zero-order chi connectivity index (χ0) is 13.1. The van der Waals surface area contributed by atoms with Crippen molar-refractivity contribution in [3.63, 3.8) is 0 Å². The lowest BCUT2D eigenvalue weighted by Crippen LogP contribution is -2.36. The monoisotopic (exact) mass is 244 g/mol. The maximum Gasteiger partial charge on any atom is 0.255 e. The summed E-state index contributed by atoms with van der Waals surface area (Å²) in [6.07, 6.45) is 2.63. The number of aromatic hydroxyl groups is 1. The molecule has 94 valence electrons. The Labute approximate surface area is 106 Å². The third kappa shape index (κ3) is 2.30. The molecule has 1 aliphatic carbocycles. The fourth-order valence-corrected chi connectivity index (χ4v) is 2.38. The van der Waals surface area contributed by atoms with Crippen molar-refractivity contribution in [2.24, 2.45) is 5.92 Å². The Kier molecular flexibility index (Phi) is 3.52. The molecule has 0 saturated heterocycles. The van der Waals surface area contributed by atoms with Crippen LogP contribution < -0.4 is 5.32 Å². The Morgan fingerprint density at radius 1 is 1.50 bits per heavy atom. The lowest BCUT2D eigenvalue weighted by Gasteiger charge is -2.16. The maximum atomic E-state index is 12.1. The molecule has 0 aromatic heterocycles. The number of phenols is 1. The number of benzene rings is 1. The number of aryl methyl sites for hydroxylation is 1. The average Bonchev–Trinajstić information content (AvgIpc) is 2.79. The highest BCUT2D eigenvalue weighted by molar-refractivity contribution is 5.97. The van der Waals surface area contributed by atoms with Crippen LogP contribution in [0.25, 0.3) is 0 Å². The molecule has 2 unspecified atom stereocenters. The Balaban J connectivity index is 2.13. The largest absolute Gasteiger partial charge is 0.507 e. The lowest BCUT2D eigenvalue weighted by molar-refractivity contribution is 0.0930. The summed E-state index contributed by atoms with van der Waals surface area (Å²) >= 11 is 0. The first kappa shape index (κ1) is 12.4. The zero-order valence-electron chi connectivity index (χ0n) is 10.3. The van der Waals surface area contributed by atoms with Crippen LogP contribution in [0.4, 0.5) is 0 Å². The first-order valence-electron chi connectivity index (χ1n) is 6.12. The Bertz CT molecular complexity index is 505. The van der Waals surface area contributed by atoms with E-state index in [1.54, 1.807) is 25.1 Å². The Morgan fingerprint density at radius 2 is 2.28 bits per heavy atom. The van der Waals surface area contributed by atoms with Crippen molar-refractivity contribution in [3.8, 4) is 11.8 Å². The van der Waals surface area contributed by atoms with Crippen molar-refractivity contribution in [1.82, 2.24) is 5.32 Å². The molecule has 0 bridgehead atoms. The maximum absolute atomic E-state index is 12.1. The van der Waals surface area contributed by atoms with Gasteiger partial charge in [0.15, 0.2) is 0 Å². The van der Waals surface area contributed by atoms with E-state index in [1.165, 1.54) is 0 Å². The van der Waals surface area contributed by atoms with E-state index in [9.17, 15) is 9.90 Å². The van der Waals surface area contributed by atoms with Gasteiger partial charge in [0, 0.05) is 6.04 Å². The summed E-state index contributed by atoms with van der Waals surface area (Å²) in [5.41, 5.74) is 0.949. The molecule has 4 heteroatoms. The van der Waals surface area contributed by atoms with Crippen LogP contribution in [0.5, 0.6) is 5.75 Å². The van der Waals surface area contributed by atoms with Gasteiger partial charge in [-0.2, -0.15) is 5.26 Å². The predicted octanol–water partition coefficient (Wildman–Crippen LogP) is 2.12. The number of phenolic OH excluding ortho intramolecular Hbond substituents is 1. The van der Waals surface area contributed by atoms with Gasteiger partial charge in [0.25, 0.3) is 5.91 Å². The third-order valence-electron chi connectivity index (χ3n) is 3.48. The van der Waals surface area contributed by atoms with E-state index >= 15 is 0 Å². The molecule has 1 aliphatic rings. The van der Waals surface area contributed by atoms with Gasteiger partial charge in [-0.25, -0.2) is 0 Å². The van der Waals surface area contributed by atoms with Crippen molar-refractivity contribution in [2.75, 3.05) is 0 Å². The van der Waals surface area contributed by atoms with Crippen LogP contribution in [-0.4, -0.2) is 17.1 Å². The molecule has 1 saturated carbocycles. The minimum Gasteiger partial charge on any atom is -0.507 e. The second-order valence-electron chi connectivity index (χ2n) is 4.72.